The predicted molar refractivity (Wildman–Crippen MR) is 220 cm³/mol. The molecule has 0 amide bonds. The van der Waals surface area contributed by atoms with Gasteiger partial charge in [-0.2, -0.15) is 0 Å². The van der Waals surface area contributed by atoms with Gasteiger partial charge in [0, 0.05) is 65.4 Å². The highest BCUT2D eigenvalue weighted by Crippen LogP contribution is 2.52. The summed E-state index contributed by atoms with van der Waals surface area (Å²) in [5.41, 5.74) is 9.48. The molecule has 0 N–H and O–H groups in total. The molecule has 0 saturated carbocycles. The predicted octanol–water partition coefficient (Wildman–Crippen LogP) is 12.7. The van der Waals surface area contributed by atoms with E-state index in [4.69, 9.17) is 4.98 Å². The third kappa shape index (κ3) is 3.57. The van der Waals surface area contributed by atoms with E-state index in [0.29, 0.717) is 0 Å². The van der Waals surface area contributed by atoms with Crippen molar-refractivity contribution in [2.24, 2.45) is 0 Å². The Bertz CT molecular complexity index is 3350. The average molecular weight is 681 g/mol. The number of hydrogen-bond donors (Lipinski definition) is 0. The van der Waals surface area contributed by atoms with Crippen LogP contribution < -0.4 is 0 Å². The molecule has 12 aromatic rings. The third-order valence-corrected chi connectivity index (χ3v) is 12.1. The summed E-state index contributed by atoms with van der Waals surface area (Å²) in [7, 11) is 0. The van der Waals surface area contributed by atoms with Crippen LogP contribution in [0.5, 0.6) is 0 Å². The Hall–Kier alpha value is -6.69. The number of aromatic nitrogens is 4. The van der Waals surface area contributed by atoms with Gasteiger partial charge in [0.05, 0.1) is 37.8 Å². The molecule has 0 aliphatic rings. The molecule has 5 heteroatoms. The van der Waals surface area contributed by atoms with E-state index in [1.54, 1.807) is 0 Å². The maximum Gasteiger partial charge on any atom is 0.155 e. The van der Waals surface area contributed by atoms with Gasteiger partial charge in [0.15, 0.2) is 5.82 Å². The zero-order valence-corrected chi connectivity index (χ0v) is 28.7. The Labute approximate surface area is 301 Å². The van der Waals surface area contributed by atoms with E-state index in [0.717, 1.165) is 28.2 Å². The van der Waals surface area contributed by atoms with E-state index < -0.39 is 0 Å². The molecule has 0 aliphatic heterocycles. The molecule has 0 radical (unpaired) electrons. The number of hydrogen-bond acceptors (Lipinski definition) is 2. The van der Waals surface area contributed by atoms with Crippen molar-refractivity contribution in [2.75, 3.05) is 0 Å². The number of benzene rings is 7. The van der Waals surface area contributed by atoms with Crippen LogP contribution in [0.4, 0.5) is 0 Å². The fourth-order valence-corrected chi connectivity index (χ4v) is 10.2. The minimum Gasteiger partial charge on any atom is -0.308 e. The monoisotopic (exact) mass is 680 g/mol. The minimum absolute atomic E-state index is 0.964. The van der Waals surface area contributed by atoms with Gasteiger partial charge >= 0.3 is 0 Å². The zero-order valence-electron chi connectivity index (χ0n) is 27.9. The molecule has 52 heavy (non-hydrogen) atoms. The standard InChI is InChI=1S/C47H28N4S/c1-3-15-29(16-4-1)49-38-25-13-9-21-33(38)40-43-41(34-22-10-14-26-39(34)50(43)30-17-5-2-6-18-30)46-42(44(40)49)35-27-28-48-47(45(35)52-46)51-36-23-11-7-19-31(36)32-20-8-12-24-37(32)51/h1-28H. The van der Waals surface area contributed by atoms with Gasteiger partial charge in [-0.05, 0) is 54.6 Å². The quantitative estimate of drug-likeness (QED) is 0.182. The van der Waals surface area contributed by atoms with Gasteiger partial charge in [-0.3, -0.25) is 4.57 Å². The lowest BCUT2D eigenvalue weighted by Gasteiger charge is -2.12. The van der Waals surface area contributed by atoms with E-state index in [1.165, 1.54) is 74.6 Å². The van der Waals surface area contributed by atoms with Crippen LogP contribution in [0.25, 0.3) is 103 Å². The van der Waals surface area contributed by atoms with Gasteiger partial charge < -0.3 is 9.13 Å². The molecule has 242 valence electrons. The van der Waals surface area contributed by atoms with Crippen molar-refractivity contribution in [3.05, 3.63) is 170 Å². The largest absolute Gasteiger partial charge is 0.308 e. The van der Waals surface area contributed by atoms with Crippen LogP contribution >= 0.6 is 11.3 Å². The fraction of sp³-hybridized carbons (Fsp3) is 0. The van der Waals surface area contributed by atoms with Crippen molar-refractivity contribution in [3.8, 4) is 17.2 Å². The van der Waals surface area contributed by atoms with Gasteiger partial charge in [0.25, 0.3) is 0 Å². The zero-order chi connectivity index (χ0) is 33.9. The molecular weight excluding hydrogens is 653 g/mol. The highest BCUT2D eigenvalue weighted by molar-refractivity contribution is 7.27. The number of rotatable bonds is 3. The molecule has 5 heterocycles. The van der Waals surface area contributed by atoms with Crippen molar-refractivity contribution < 1.29 is 0 Å². The second-order valence-electron chi connectivity index (χ2n) is 13.5. The summed E-state index contributed by atoms with van der Waals surface area (Å²) in [6.45, 7) is 0. The Balaban J connectivity index is 1.38. The molecule has 0 saturated heterocycles. The summed E-state index contributed by atoms with van der Waals surface area (Å²) in [6.07, 6.45) is 2.01. The summed E-state index contributed by atoms with van der Waals surface area (Å²) in [6, 6.07) is 59.2. The van der Waals surface area contributed by atoms with E-state index in [2.05, 4.69) is 177 Å². The second-order valence-corrected chi connectivity index (χ2v) is 14.5. The van der Waals surface area contributed by atoms with Gasteiger partial charge in [-0.25, -0.2) is 4.98 Å². The molecule has 5 aromatic heterocycles. The maximum absolute atomic E-state index is 5.20. The number of thiophene rings is 1. The minimum atomic E-state index is 0.964. The van der Waals surface area contributed by atoms with Crippen LogP contribution in [0.1, 0.15) is 0 Å². The summed E-state index contributed by atoms with van der Waals surface area (Å²) in [5.74, 6) is 0.964. The van der Waals surface area contributed by atoms with Crippen LogP contribution in [0.15, 0.2) is 170 Å². The van der Waals surface area contributed by atoms with Gasteiger partial charge in [-0.1, -0.05) is 109 Å². The van der Waals surface area contributed by atoms with Crippen LogP contribution in [0, 0.1) is 0 Å². The Morgan fingerprint density at radius 3 is 1.31 bits per heavy atom. The van der Waals surface area contributed by atoms with E-state index in [-0.39, 0.29) is 0 Å². The molecule has 0 unspecified atom stereocenters. The topological polar surface area (TPSA) is 27.7 Å². The van der Waals surface area contributed by atoms with Gasteiger partial charge in [-0.15, -0.1) is 11.3 Å². The lowest BCUT2D eigenvalue weighted by atomic mass is 10.0. The molecule has 7 aromatic carbocycles. The first-order valence-electron chi connectivity index (χ1n) is 17.7. The first-order chi connectivity index (χ1) is 25.9. The normalized spacial score (nSPS) is 12.2. The molecule has 0 spiro atoms. The maximum atomic E-state index is 5.20. The highest BCUT2D eigenvalue weighted by atomic mass is 32.1. The molecule has 4 nitrogen and oxygen atoms in total. The van der Waals surface area contributed by atoms with Crippen LogP contribution in [0.2, 0.25) is 0 Å². The fourth-order valence-electron chi connectivity index (χ4n) is 8.84. The molecule has 0 aliphatic carbocycles. The smallest absolute Gasteiger partial charge is 0.155 e. The molecule has 12 rings (SSSR count). The lowest BCUT2D eigenvalue weighted by Crippen LogP contribution is -1.97. The highest BCUT2D eigenvalue weighted by Gasteiger charge is 2.28. The SMILES string of the molecule is c1ccc(-n2c3ccccc3c3c4sc5c(-n6c7ccccc7c7ccccc76)nccc5c4c4c(c5ccccc5n4-c4ccccc4)c32)cc1. The van der Waals surface area contributed by atoms with Gasteiger partial charge in [0.2, 0.25) is 0 Å². The molecule has 0 bridgehead atoms. The van der Waals surface area contributed by atoms with Gasteiger partial charge in [0.1, 0.15) is 0 Å². The molecule has 0 atom stereocenters. The number of nitrogens with zero attached hydrogens (tertiary/aromatic N) is 4. The molecular formula is C47H28N4S. The van der Waals surface area contributed by atoms with Crippen LogP contribution in [-0.2, 0) is 0 Å². The van der Waals surface area contributed by atoms with Crippen molar-refractivity contribution in [1.82, 2.24) is 18.7 Å². The van der Waals surface area contributed by atoms with Crippen LogP contribution in [-0.4, -0.2) is 18.7 Å². The average Bonchev–Trinajstić information content (AvgIpc) is 3.95. The summed E-state index contributed by atoms with van der Waals surface area (Å²) in [4.78, 5) is 5.20. The van der Waals surface area contributed by atoms with E-state index >= 15 is 0 Å². The Morgan fingerprint density at radius 2 is 0.769 bits per heavy atom. The molecule has 0 fully saturated rings. The summed E-state index contributed by atoms with van der Waals surface area (Å²) < 4.78 is 9.81. The number of fused-ring (bicyclic) bond motifs is 15. The number of para-hydroxylation sites is 6. The van der Waals surface area contributed by atoms with Crippen LogP contribution in [0.3, 0.4) is 0 Å². The Kier molecular flexibility index (Phi) is 5.62. The Morgan fingerprint density at radius 1 is 0.346 bits per heavy atom. The van der Waals surface area contributed by atoms with Crippen molar-refractivity contribution >= 4 is 96.9 Å². The number of pyridine rings is 1. The second kappa shape index (κ2) is 10.4. The first-order valence-corrected chi connectivity index (χ1v) is 18.5. The third-order valence-electron chi connectivity index (χ3n) is 10.9. The lowest BCUT2D eigenvalue weighted by molar-refractivity contribution is 1.11. The van der Waals surface area contributed by atoms with Crippen molar-refractivity contribution in [3.63, 3.8) is 0 Å². The summed E-state index contributed by atoms with van der Waals surface area (Å²) in [5, 5.41) is 9.99. The first kappa shape index (κ1) is 28.1. The van der Waals surface area contributed by atoms with E-state index in [9.17, 15) is 0 Å². The van der Waals surface area contributed by atoms with E-state index in [1.807, 2.05) is 17.5 Å². The van der Waals surface area contributed by atoms with Crippen molar-refractivity contribution in [1.29, 1.82) is 0 Å². The van der Waals surface area contributed by atoms with Crippen molar-refractivity contribution in [2.45, 2.75) is 0 Å². The summed E-state index contributed by atoms with van der Waals surface area (Å²) >= 11 is 1.88.